The van der Waals surface area contributed by atoms with Crippen molar-refractivity contribution in [1.82, 2.24) is 4.98 Å². The molecular formula is C14H20ClNO. The summed E-state index contributed by atoms with van der Waals surface area (Å²) < 4.78 is 5.97. The minimum atomic E-state index is 0.312. The zero-order valence-electron chi connectivity index (χ0n) is 10.5. The summed E-state index contributed by atoms with van der Waals surface area (Å²) in [5.74, 6) is 2.73. The lowest BCUT2D eigenvalue weighted by Gasteiger charge is -2.31. The average Bonchev–Trinajstić information content (AvgIpc) is 2.28. The summed E-state index contributed by atoms with van der Waals surface area (Å²) in [5.41, 5.74) is 1.06. The van der Waals surface area contributed by atoms with E-state index in [1.54, 1.807) is 6.20 Å². The van der Waals surface area contributed by atoms with E-state index in [4.69, 9.17) is 16.3 Å². The van der Waals surface area contributed by atoms with Gasteiger partial charge in [0.1, 0.15) is 6.10 Å². The van der Waals surface area contributed by atoms with Crippen LogP contribution in [0.3, 0.4) is 0 Å². The molecule has 2 rings (SSSR count). The third-order valence-corrected chi connectivity index (χ3v) is 3.68. The third-order valence-electron chi connectivity index (χ3n) is 3.38. The Kier molecular flexibility index (Phi) is 4.27. The first-order valence-corrected chi connectivity index (χ1v) is 6.88. The second kappa shape index (κ2) is 5.72. The molecule has 1 saturated carbocycles. The fourth-order valence-corrected chi connectivity index (χ4v) is 2.90. The van der Waals surface area contributed by atoms with E-state index in [2.05, 4.69) is 18.8 Å². The van der Waals surface area contributed by atoms with Gasteiger partial charge >= 0.3 is 0 Å². The van der Waals surface area contributed by atoms with E-state index in [1.165, 1.54) is 6.42 Å². The highest BCUT2D eigenvalue weighted by Crippen LogP contribution is 2.30. The fourth-order valence-electron chi connectivity index (χ4n) is 2.74. The molecule has 1 aliphatic carbocycles. The normalized spacial score (nSPS) is 29.0. The van der Waals surface area contributed by atoms with Crippen molar-refractivity contribution in [3.05, 3.63) is 23.9 Å². The van der Waals surface area contributed by atoms with E-state index in [9.17, 15) is 0 Å². The summed E-state index contributed by atoms with van der Waals surface area (Å²) in [4.78, 5) is 4.25. The Bertz CT molecular complexity index is 359. The second-order valence-electron chi connectivity index (χ2n) is 5.29. The van der Waals surface area contributed by atoms with Gasteiger partial charge in [-0.3, -0.25) is 0 Å². The Morgan fingerprint density at radius 2 is 2.00 bits per heavy atom. The second-order valence-corrected chi connectivity index (χ2v) is 5.56. The summed E-state index contributed by atoms with van der Waals surface area (Å²) in [6, 6.07) is 3.86. The van der Waals surface area contributed by atoms with E-state index < -0.39 is 0 Å². The predicted molar refractivity (Wildman–Crippen MR) is 70.4 cm³/mol. The molecule has 0 radical (unpaired) electrons. The molecular weight excluding hydrogens is 234 g/mol. The number of pyridine rings is 1. The minimum Gasteiger partial charge on any atom is -0.474 e. The van der Waals surface area contributed by atoms with Crippen molar-refractivity contribution in [2.45, 2.75) is 45.1 Å². The number of rotatable bonds is 3. The largest absolute Gasteiger partial charge is 0.474 e. The van der Waals surface area contributed by atoms with Crippen molar-refractivity contribution in [3.63, 3.8) is 0 Å². The molecule has 2 unspecified atom stereocenters. The molecule has 3 heteroatoms. The van der Waals surface area contributed by atoms with Crippen LogP contribution in [0, 0.1) is 11.8 Å². The quantitative estimate of drug-likeness (QED) is 0.759. The Morgan fingerprint density at radius 3 is 2.65 bits per heavy atom. The summed E-state index contributed by atoms with van der Waals surface area (Å²) in [5, 5.41) is 0. The van der Waals surface area contributed by atoms with Gasteiger partial charge in [-0.05, 0) is 42.7 Å². The van der Waals surface area contributed by atoms with Gasteiger partial charge in [0.2, 0.25) is 5.88 Å². The molecule has 2 nitrogen and oxygen atoms in total. The molecule has 94 valence electrons. The van der Waals surface area contributed by atoms with E-state index in [0.717, 1.165) is 36.1 Å². The maximum Gasteiger partial charge on any atom is 0.213 e. The molecule has 0 aliphatic heterocycles. The van der Waals surface area contributed by atoms with Crippen LogP contribution in [0.25, 0.3) is 0 Å². The summed E-state index contributed by atoms with van der Waals surface area (Å²) in [6.45, 7) is 4.60. The van der Waals surface area contributed by atoms with Crippen LogP contribution in [0.1, 0.15) is 38.7 Å². The van der Waals surface area contributed by atoms with Crippen LogP contribution < -0.4 is 4.74 Å². The lowest BCUT2D eigenvalue weighted by atomic mass is 9.82. The Hall–Kier alpha value is -0.760. The fraction of sp³-hybridized carbons (Fsp3) is 0.643. The van der Waals surface area contributed by atoms with Crippen molar-refractivity contribution in [3.8, 4) is 5.88 Å². The van der Waals surface area contributed by atoms with Crippen LogP contribution in [-0.4, -0.2) is 11.1 Å². The van der Waals surface area contributed by atoms with Crippen LogP contribution in [0.5, 0.6) is 5.88 Å². The average molecular weight is 254 g/mol. The minimum absolute atomic E-state index is 0.312. The molecule has 0 bridgehead atoms. The number of nitrogens with zero attached hydrogens (tertiary/aromatic N) is 1. The molecule has 1 heterocycles. The maximum atomic E-state index is 5.97. The monoisotopic (exact) mass is 253 g/mol. The SMILES string of the molecule is CC1CC(C)CC(Oc2cc(CCl)ccn2)C1. The number of ether oxygens (including phenoxy) is 1. The van der Waals surface area contributed by atoms with Crippen LogP contribution in [0.4, 0.5) is 0 Å². The number of alkyl halides is 1. The van der Waals surface area contributed by atoms with Gasteiger partial charge in [0.05, 0.1) is 0 Å². The molecule has 17 heavy (non-hydrogen) atoms. The first kappa shape index (κ1) is 12.7. The highest BCUT2D eigenvalue weighted by atomic mass is 35.5. The molecule has 2 atom stereocenters. The van der Waals surface area contributed by atoms with Gasteiger partial charge in [-0.15, -0.1) is 11.6 Å². The van der Waals surface area contributed by atoms with Crippen molar-refractivity contribution in [1.29, 1.82) is 0 Å². The molecule has 0 saturated heterocycles. The smallest absolute Gasteiger partial charge is 0.213 e. The highest BCUT2D eigenvalue weighted by Gasteiger charge is 2.25. The number of halogens is 1. The first-order chi connectivity index (χ1) is 8.17. The topological polar surface area (TPSA) is 22.1 Å². The van der Waals surface area contributed by atoms with E-state index in [-0.39, 0.29) is 0 Å². The van der Waals surface area contributed by atoms with Crippen LogP contribution >= 0.6 is 11.6 Å². The van der Waals surface area contributed by atoms with Gasteiger partial charge in [0, 0.05) is 18.1 Å². The predicted octanol–water partition coefficient (Wildman–Crippen LogP) is 4.02. The lowest BCUT2D eigenvalue weighted by molar-refractivity contribution is 0.0966. The standard InChI is InChI=1S/C14H20ClNO/c1-10-5-11(2)7-13(6-10)17-14-8-12(9-15)3-4-16-14/h3-4,8,10-11,13H,5-7,9H2,1-2H3. The van der Waals surface area contributed by atoms with Gasteiger partial charge in [-0.2, -0.15) is 0 Å². The highest BCUT2D eigenvalue weighted by molar-refractivity contribution is 6.17. The summed E-state index contributed by atoms with van der Waals surface area (Å²) in [7, 11) is 0. The number of hydrogen-bond donors (Lipinski definition) is 0. The van der Waals surface area contributed by atoms with E-state index in [0.29, 0.717) is 12.0 Å². The Morgan fingerprint density at radius 1 is 1.29 bits per heavy atom. The maximum absolute atomic E-state index is 5.97. The zero-order valence-corrected chi connectivity index (χ0v) is 11.3. The molecule has 1 aliphatic rings. The number of hydrogen-bond acceptors (Lipinski definition) is 2. The van der Waals surface area contributed by atoms with E-state index >= 15 is 0 Å². The molecule has 0 amide bonds. The van der Waals surface area contributed by atoms with Crippen LogP contribution in [0.2, 0.25) is 0 Å². The van der Waals surface area contributed by atoms with Crippen molar-refractivity contribution in [2.24, 2.45) is 11.8 Å². The molecule has 1 fully saturated rings. The number of aromatic nitrogens is 1. The Labute approximate surface area is 108 Å². The van der Waals surface area contributed by atoms with Gasteiger partial charge in [0.25, 0.3) is 0 Å². The zero-order chi connectivity index (χ0) is 12.3. The van der Waals surface area contributed by atoms with Crippen molar-refractivity contribution in [2.75, 3.05) is 0 Å². The van der Waals surface area contributed by atoms with Gasteiger partial charge in [-0.1, -0.05) is 13.8 Å². The summed E-state index contributed by atoms with van der Waals surface area (Å²) in [6.07, 6.45) is 5.67. The van der Waals surface area contributed by atoms with Gasteiger partial charge in [0.15, 0.2) is 0 Å². The molecule has 0 N–H and O–H groups in total. The van der Waals surface area contributed by atoms with Crippen molar-refractivity contribution < 1.29 is 4.74 Å². The third kappa shape index (κ3) is 3.60. The molecule has 0 spiro atoms. The molecule has 0 aromatic carbocycles. The molecule has 1 aromatic heterocycles. The first-order valence-electron chi connectivity index (χ1n) is 6.35. The molecule has 1 aromatic rings. The lowest BCUT2D eigenvalue weighted by Crippen LogP contribution is -2.28. The van der Waals surface area contributed by atoms with Crippen LogP contribution in [0.15, 0.2) is 18.3 Å². The van der Waals surface area contributed by atoms with E-state index in [1.807, 2.05) is 12.1 Å². The van der Waals surface area contributed by atoms with Gasteiger partial charge < -0.3 is 4.74 Å². The summed E-state index contributed by atoms with van der Waals surface area (Å²) >= 11 is 5.80. The Balaban J connectivity index is 1.99. The van der Waals surface area contributed by atoms with Gasteiger partial charge in [-0.25, -0.2) is 4.98 Å². The van der Waals surface area contributed by atoms with Crippen LogP contribution in [-0.2, 0) is 5.88 Å². The van der Waals surface area contributed by atoms with Crippen molar-refractivity contribution >= 4 is 11.6 Å².